The second kappa shape index (κ2) is 5.63. The Morgan fingerprint density at radius 3 is 2.67 bits per heavy atom. The van der Waals surface area contributed by atoms with Gasteiger partial charge >= 0.3 is 5.69 Å². The van der Waals surface area contributed by atoms with Crippen LogP contribution >= 0.6 is 11.3 Å². The molecule has 1 aromatic heterocycles. The maximum atomic E-state index is 11.4. The Kier molecular flexibility index (Phi) is 4.65. The zero-order chi connectivity index (χ0) is 13.9. The average Bonchev–Trinajstić information content (AvgIpc) is 2.61. The lowest BCUT2D eigenvalue weighted by molar-refractivity contribution is -0.383. The Morgan fingerprint density at radius 1 is 1.61 bits per heavy atom. The fourth-order valence-electron chi connectivity index (χ4n) is 1.30. The van der Waals surface area contributed by atoms with Crippen molar-refractivity contribution in [3.05, 3.63) is 16.2 Å². The Morgan fingerprint density at radius 2 is 2.22 bits per heavy atom. The zero-order valence-corrected chi connectivity index (χ0v) is 11.8. The fraction of sp³-hybridized carbons (Fsp3) is 0.556. The van der Waals surface area contributed by atoms with Crippen molar-refractivity contribution >= 4 is 31.9 Å². The highest BCUT2D eigenvalue weighted by Gasteiger charge is 2.24. The van der Waals surface area contributed by atoms with E-state index in [-0.39, 0.29) is 20.9 Å². The molecule has 0 aromatic carbocycles. The van der Waals surface area contributed by atoms with E-state index in [1.807, 2.05) is 0 Å². The number of sulfone groups is 1. The molecule has 0 radical (unpaired) electrons. The molecule has 1 unspecified atom stereocenters. The van der Waals surface area contributed by atoms with Gasteiger partial charge in [-0.25, -0.2) is 8.42 Å². The molecule has 18 heavy (non-hydrogen) atoms. The lowest BCUT2D eigenvalue weighted by Crippen LogP contribution is -2.20. The van der Waals surface area contributed by atoms with E-state index in [1.165, 1.54) is 7.11 Å². The van der Waals surface area contributed by atoms with Gasteiger partial charge in [-0.05, 0) is 6.92 Å². The van der Waals surface area contributed by atoms with E-state index in [4.69, 9.17) is 4.74 Å². The van der Waals surface area contributed by atoms with Gasteiger partial charge in [0, 0.05) is 25.5 Å². The van der Waals surface area contributed by atoms with Crippen LogP contribution in [0.15, 0.2) is 10.3 Å². The van der Waals surface area contributed by atoms with Crippen molar-refractivity contribution in [1.82, 2.24) is 0 Å². The molecule has 9 heteroatoms. The molecule has 0 spiro atoms. The SMILES string of the molecule is COCC(C)Nc1sc(S(C)(=O)=O)cc1[N+](=O)[O-]. The van der Waals surface area contributed by atoms with Gasteiger partial charge in [0.1, 0.15) is 4.21 Å². The van der Waals surface area contributed by atoms with E-state index in [0.717, 1.165) is 23.7 Å². The summed E-state index contributed by atoms with van der Waals surface area (Å²) in [6.45, 7) is 2.15. The first-order chi connectivity index (χ1) is 8.25. The molecule has 102 valence electrons. The van der Waals surface area contributed by atoms with Crippen molar-refractivity contribution < 1.29 is 18.1 Å². The average molecular weight is 294 g/mol. The lowest BCUT2D eigenvalue weighted by atomic mass is 10.3. The predicted molar refractivity (Wildman–Crippen MR) is 69.0 cm³/mol. The maximum absolute atomic E-state index is 11.4. The van der Waals surface area contributed by atoms with Crippen molar-refractivity contribution in [1.29, 1.82) is 0 Å². The maximum Gasteiger partial charge on any atom is 0.304 e. The first kappa shape index (κ1) is 14.9. The Bertz CT molecular complexity index is 537. The first-order valence-electron chi connectivity index (χ1n) is 4.99. The van der Waals surface area contributed by atoms with Crippen LogP contribution in [-0.2, 0) is 14.6 Å². The van der Waals surface area contributed by atoms with Gasteiger partial charge < -0.3 is 10.1 Å². The summed E-state index contributed by atoms with van der Waals surface area (Å²) in [5, 5.41) is 13.9. The van der Waals surface area contributed by atoms with Crippen LogP contribution in [0.1, 0.15) is 6.92 Å². The molecule has 1 aromatic rings. The van der Waals surface area contributed by atoms with Crippen LogP contribution in [0.2, 0.25) is 0 Å². The number of nitrogens with one attached hydrogen (secondary N) is 1. The molecule has 0 aliphatic carbocycles. The van der Waals surface area contributed by atoms with Crippen molar-refractivity contribution in [2.75, 3.05) is 25.3 Å². The van der Waals surface area contributed by atoms with Gasteiger partial charge in [0.15, 0.2) is 14.8 Å². The number of ether oxygens (including phenoxy) is 1. The smallest absolute Gasteiger partial charge is 0.304 e. The van der Waals surface area contributed by atoms with Crippen LogP contribution in [0.4, 0.5) is 10.7 Å². The largest absolute Gasteiger partial charge is 0.383 e. The summed E-state index contributed by atoms with van der Waals surface area (Å²) >= 11 is 0.853. The number of methoxy groups -OCH3 is 1. The highest BCUT2D eigenvalue weighted by molar-refractivity contribution is 7.92. The second-order valence-electron chi connectivity index (χ2n) is 3.81. The van der Waals surface area contributed by atoms with Gasteiger partial charge in [-0.3, -0.25) is 10.1 Å². The molecule has 0 aliphatic rings. The molecule has 1 atom stereocenters. The van der Waals surface area contributed by atoms with Gasteiger partial charge in [0.25, 0.3) is 0 Å². The minimum absolute atomic E-state index is 0.0266. The molecular formula is C9H14N2O5S2. The quantitative estimate of drug-likeness (QED) is 0.630. The number of nitrogens with zero attached hydrogens (tertiary/aromatic N) is 1. The summed E-state index contributed by atoms with van der Waals surface area (Å²) in [5.41, 5.74) is -0.233. The number of nitro groups is 1. The predicted octanol–water partition coefficient (Wildman–Crippen LogP) is 1.51. The third-order valence-corrected chi connectivity index (χ3v) is 4.90. The third-order valence-electron chi connectivity index (χ3n) is 2.05. The molecule has 1 rings (SSSR count). The zero-order valence-electron chi connectivity index (χ0n) is 10.2. The standard InChI is InChI=1S/C9H14N2O5S2/c1-6(5-16-2)10-9-7(11(12)13)4-8(17-9)18(3,14)15/h4,6,10H,5H2,1-3H3. The Balaban J connectivity index is 3.10. The van der Waals surface area contributed by atoms with E-state index in [2.05, 4.69) is 5.32 Å². The number of anilines is 1. The van der Waals surface area contributed by atoms with Crippen LogP contribution in [0.5, 0.6) is 0 Å². The minimum atomic E-state index is -3.44. The van der Waals surface area contributed by atoms with Crippen LogP contribution < -0.4 is 5.32 Å². The van der Waals surface area contributed by atoms with Crippen LogP contribution in [0, 0.1) is 10.1 Å². The molecule has 0 amide bonds. The lowest BCUT2D eigenvalue weighted by Gasteiger charge is -2.11. The van der Waals surface area contributed by atoms with Gasteiger partial charge in [-0.2, -0.15) is 0 Å². The van der Waals surface area contributed by atoms with Crippen LogP contribution in [0.3, 0.4) is 0 Å². The number of rotatable bonds is 6. The molecule has 0 saturated heterocycles. The van der Waals surface area contributed by atoms with E-state index >= 15 is 0 Å². The normalized spacial score (nSPS) is 13.3. The van der Waals surface area contributed by atoms with E-state index < -0.39 is 14.8 Å². The summed E-state index contributed by atoms with van der Waals surface area (Å²) in [5.74, 6) is 0. The molecule has 0 bridgehead atoms. The minimum Gasteiger partial charge on any atom is -0.383 e. The van der Waals surface area contributed by atoms with E-state index in [0.29, 0.717) is 6.61 Å². The molecule has 0 fully saturated rings. The van der Waals surface area contributed by atoms with Gasteiger partial charge in [0.2, 0.25) is 0 Å². The summed E-state index contributed by atoms with van der Waals surface area (Å²) in [6.07, 6.45) is 1.02. The molecule has 1 N–H and O–H groups in total. The third kappa shape index (κ3) is 3.65. The van der Waals surface area contributed by atoms with Crippen LogP contribution in [0.25, 0.3) is 0 Å². The fourth-order valence-corrected chi connectivity index (χ4v) is 3.35. The number of thiophene rings is 1. The molecule has 0 aliphatic heterocycles. The second-order valence-corrected chi connectivity index (χ2v) is 7.10. The highest BCUT2D eigenvalue weighted by atomic mass is 32.2. The van der Waals surface area contributed by atoms with Crippen molar-refractivity contribution in [2.24, 2.45) is 0 Å². The molecule has 0 saturated carbocycles. The van der Waals surface area contributed by atoms with Gasteiger partial charge in [-0.15, -0.1) is 0 Å². The first-order valence-corrected chi connectivity index (χ1v) is 7.70. The summed E-state index contributed by atoms with van der Waals surface area (Å²) < 4.78 is 27.6. The van der Waals surface area contributed by atoms with E-state index in [9.17, 15) is 18.5 Å². The van der Waals surface area contributed by atoms with E-state index in [1.54, 1.807) is 6.92 Å². The van der Waals surface area contributed by atoms with Crippen LogP contribution in [-0.4, -0.2) is 39.4 Å². The topological polar surface area (TPSA) is 98.5 Å². The van der Waals surface area contributed by atoms with Crippen molar-refractivity contribution in [3.63, 3.8) is 0 Å². The number of hydrogen-bond donors (Lipinski definition) is 1. The Hall–Kier alpha value is -1.19. The monoisotopic (exact) mass is 294 g/mol. The van der Waals surface area contributed by atoms with Gasteiger partial charge in [-0.1, -0.05) is 11.3 Å². The van der Waals surface area contributed by atoms with Crippen molar-refractivity contribution in [3.8, 4) is 0 Å². The van der Waals surface area contributed by atoms with Crippen molar-refractivity contribution in [2.45, 2.75) is 17.2 Å². The Labute approximate surface area is 109 Å². The summed E-state index contributed by atoms with van der Waals surface area (Å²) in [7, 11) is -1.93. The van der Waals surface area contributed by atoms with Gasteiger partial charge in [0.05, 0.1) is 11.5 Å². The highest BCUT2D eigenvalue weighted by Crippen LogP contribution is 2.37. The molecule has 1 heterocycles. The summed E-state index contributed by atoms with van der Waals surface area (Å²) in [4.78, 5) is 10.2. The molecule has 7 nitrogen and oxygen atoms in total. The molecular weight excluding hydrogens is 280 g/mol. The number of hydrogen-bond acceptors (Lipinski definition) is 7. The summed E-state index contributed by atoms with van der Waals surface area (Å²) in [6, 6.07) is 0.918.